The molecule has 0 aromatic carbocycles. The van der Waals surface area contributed by atoms with Crippen LogP contribution < -0.4 is 0 Å². The summed E-state index contributed by atoms with van der Waals surface area (Å²) in [7, 11) is 0. The van der Waals surface area contributed by atoms with Crippen molar-refractivity contribution in [2.75, 3.05) is 0 Å². The van der Waals surface area contributed by atoms with Crippen LogP contribution >= 0.6 is 0 Å². The molecule has 0 bridgehead atoms. The van der Waals surface area contributed by atoms with E-state index in [1.54, 1.807) is 0 Å². The minimum absolute atomic E-state index is 0.341. The summed E-state index contributed by atoms with van der Waals surface area (Å²) in [5.41, 5.74) is 0. The van der Waals surface area contributed by atoms with Crippen LogP contribution in [0.1, 0.15) is 32.6 Å². The quantitative estimate of drug-likeness (QED) is 0.445. The third-order valence-electron chi connectivity index (χ3n) is 2.11. The van der Waals surface area contributed by atoms with Crippen LogP contribution in [-0.2, 0) is 0 Å². The molecule has 1 fully saturated rings. The van der Waals surface area contributed by atoms with Crippen LogP contribution in [0.4, 0.5) is 0 Å². The van der Waals surface area contributed by atoms with Gasteiger partial charge in [0.2, 0.25) is 0 Å². The molecular weight excluding hydrogens is 134 g/mol. The lowest BCUT2D eigenvalue weighted by Gasteiger charge is -1.86. The summed E-state index contributed by atoms with van der Waals surface area (Å²) in [6.45, 7) is 2.20. The van der Waals surface area contributed by atoms with Crippen molar-refractivity contribution in [3.63, 3.8) is 0 Å². The molecule has 2 unspecified atom stereocenters. The van der Waals surface area contributed by atoms with E-state index in [9.17, 15) is 0 Å². The van der Waals surface area contributed by atoms with Gasteiger partial charge in [-0.05, 0) is 18.8 Å². The maximum absolute atomic E-state index is 8.50. The first-order valence-electron chi connectivity index (χ1n) is 4.44. The van der Waals surface area contributed by atoms with Gasteiger partial charge in [-0.25, -0.2) is 0 Å². The van der Waals surface area contributed by atoms with Gasteiger partial charge in [0, 0.05) is 0 Å². The Bertz CT molecular complexity index is 176. The first-order chi connectivity index (χ1) is 5.38. The molecule has 60 valence electrons. The Hall–Kier alpha value is -0.770. The number of nitrogens with zero attached hydrogens (tertiary/aromatic N) is 1. The van der Waals surface area contributed by atoms with Crippen molar-refractivity contribution in [2.45, 2.75) is 32.6 Å². The molecule has 11 heavy (non-hydrogen) atoms. The number of hydrogen-bond donors (Lipinski definition) is 0. The smallest absolute Gasteiger partial charge is 0.0662 e. The highest BCUT2D eigenvalue weighted by Crippen LogP contribution is 2.38. The highest BCUT2D eigenvalue weighted by atomic mass is 14.4. The lowest BCUT2D eigenvalue weighted by molar-refractivity contribution is 0.810. The second kappa shape index (κ2) is 4.18. The van der Waals surface area contributed by atoms with Gasteiger partial charge in [0.25, 0.3) is 0 Å². The molecule has 1 aliphatic rings. The molecular formula is C10H15N. The summed E-state index contributed by atoms with van der Waals surface area (Å²) < 4.78 is 0. The van der Waals surface area contributed by atoms with Gasteiger partial charge in [0.15, 0.2) is 0 Å². The molecule has 0 N–H and O–H groups in total. The molecule has 0 aliphatic heterocycles. The molecule has 1 saturated carbocycles. The van der Waals surface area contributed by atoms with Gasteiger partial charge in [-0.2, -0.15) is 5.26 Å². The zero-order valence-corrected chi connectivity index (χ0v) is 7.09. The molecule has 0 aromatic heterocycles. The monoisotopic (exact) mass is 149 g/mol. The molecule has 0 saturated heterocycles. The summed E-state index contributed by atoms with van der Waals surface area (Å²) in [5, 5.41) is 8.50. The second-order valence-corrected chi connectivity index (χ2v) is 3.21. The first-order valence-corrected chi connectivity index (χ1v) is 4.44. The average molecular weight is 149 g/mol. The Kier molecular flexibility index (Phi) is 3.16. The molecule has 1 aliphatic carbocycles. The van der Waals surface area contributed by atoms with E-state index in [-0.39, 0.29) is 0 Å². The largest absolute Gasteiger partial charge is 0.198 e. The Morgan fingerprint density at radius 2 is 2.45 bits per heavy atom. The van der Waals surface area contributed by atoms with Crippen LogP contribution in [0, 0.1) is 23.2 Å². The molecule has 0 amide bonds. The van der Waals surface area contributed by atoms with Gasteiger partial charge in [-0.3, -0.25) is 0 Å². The maximum atomic E-state index is 8.50. The zero-order valence-electron chi connectivity index (χ0n) is 7.09. The Morgan fingerprint density at radius 3 is 3.00 bits per heavy atom. The van der Waals surface area contributed by atoms with Crippen molar-refractivity contribution < 1.29 is 0 Å². The molecule has 2 atom stereocenters. The minimum atomic E-state index is 0.341. The Labute approximate surface area is 68.7 Å². The van der Waals surface area contributed by atoms with E-state index in [0.717, 1.165) is 6.42 Å². The van der Waals surface area contributed by atoms with Crippen LogP contribution in [0.15, 0.2) is 12.2 Å². The lowest BCUT2D eigenvalue weighted by Crippen LogP contribution is -1.72. The predicted octanol–water partition coefficient (Wildman–Crippen LogP) is 2.89. The summed E-state index contributed by atoms with van der Waals surface area (Å²) in [5.74, 6) is 0.935. The fourth-order valence-corrected chi connectivity index (χ4v) is 1.17. The van der Waals surface area contributed by atoms with Crippen LogP contribution in [0.25, 0.3) is 0 Å². The molecule has 1 rings (SSSR count). The fourth-order valence-electron chi connectivity index (χ4n) is 1.17. The van der Waals surface area contributed by atoms with Crippen LogP contribution in [0.2, 0.25) is 0 Å². The van der Waals surface area contributed by atoms with Gasteiger partial charge in [-0.1, -0.05) is 31.9 Å². The van der Waals surface area contributed by atoms with Crippen molar-refractivity contribution in [3.8, 4) is 6.07 Å². The van der Waals surface area contributed by atoms with E-state index >= 15 is 0 Å². The van der Waals surface area contributed by atoms with E-state index in [4.69, 9.17) is 5.26 Å². The highest BCUT2D eigenvalue weighted by molar-refractivity contribution is 5.10. The van der Waals surface area contributed by atoms with Gasteiger partial charge < -0.3 is 0 Å². The minimum Gasteiger partial charge on any atom is -0.198 e. The van der Waals surface area contributed by atoms with Crippen LogP contribution in [0.5, 0.6) is 0 Å². The molecule has 1 heteroatoms. The van der Waals surface area contributed by atoms with Gasteiger partial charge >= 0.3 is 0 Å². The van der Waals surface area contributed by atoms with Crippen molar-refractivity contribution in [1.82, 2.24) is 0 Å². The van der Waals surface area contributed by atoms with Crippen LogP contribution in [-0.4, -0.2) is 0 Å². The SMILES string of the molecule is CCCCC=CC1CC1C#N. The second-order valence-electron chi connectivity index (χ2n) is 3.21. The average Bonchev–Trinajstić information content (AvgIpc) is 2.77. The van der Waals surface area contributed by atoms with E-state index in [2.05, 4.69) is 25.1 Å². The van der Waals surface area contributed by atoms with Crippen molar-refractivity contribution in [2.24, 2.45) is 11.8 Å². The van der Waals surface area contributed by atoms with E-state index in [1.807, 2.05) is 0 Å². The Balaban J connectivity index is 2.04. The van der Waals surface area contributed by atoms with Crippen molar-refractivity contribution >= 4 is 0 Å². The van der Waals surface area contributed by atoms with Crippen LogP contribution in [0.3, 0.4) is 0 Å². The van der Waals surface area contributed by atoms with E-state index in [0.29, 0.717) is 11.8 Å². The third-order valence-corrected chi connectivity index (χ3v) is 2.11. The van der Waals surface area contributed by atoms with Gasteiger partial charge in [-0.15, -0.1) is 0 Å². The standard InChI is InChI=1S/C10H15N/c1-2-3-4-5-6-9-7-10(9)8-11/h5-6,9-10H,2-4,7H2,1H3. The zero-order chi connectivity index (χ0) is 8.10. The highest BCUT2D eigenvalue weighted by Gasteiger charge is 2.34. The molecule has 1 nitrogen and oxygen atoms in total. The number of allylic oxidation sites excluding steroid dienone is 2. The third kappa shape index (κ3) is 2.76. The topological polar surface area (TPSA) is 23.8 Å². The Morgan fingerprint density at radius 1 is 1.64 bits per heavy atom. The number of nitriles is 1. The van der Waals surface area contributed by atoms with Gasteiger partial charge in [0.05, 0.1) is 12.0 Å². The molecule has 0 heterocycles. The summed E-state index contributed by atoms with van der Waals surface area (Å²) in [6, 6.07) is 2.28. The molecule has 0 spiro atoms. The lowest BCUT2D eigenvalue weighted by atomic mass is 10.2. The summed E-state index contributed by atoms with van der Waals surface area (Å²) in [4.78, 5) is 0. The first kappa shape index (κ1) is 8.33. The predicted molar refractivity (Wildman–Crippen MR) is 45.9 cm³/mol. The van der Waals surface area contributed by atoms with Gasteiger partial charge in [0.1, 0.15) is 0 Å². The number of rotatable bonds is 4. The summed E-state index contributed by atoms with van der Waals surface area (Å²) >= 11 is 0. The fraction of sp³-hybridized carbons (Fsp3) is 0.700. The van der Waals surface area contributed by atoms with Crippen molar-refractivity contribution in [1.29, 1.82) is 5.26 Å². The normalized spacial score (nSPS) is 28.7. The maximum Gasteiger partial charge on any atom is 0.0662 e. The van der Waals surface area contributed by atoms with Crippen molar-refractivity contribution in [3.05, 3.63) is 12.2 Å². The molecule has 0 radical (unpaired) electrons. The number of hydrogen-bond acceptors (Lipinski definition) is 1. The number of unbranched alkanes of at least 4 members (excludes halogenated alkanes) is 2. The van der Waals surface area contributed by atoms with E-state index < -0.39 is 0 Å². The summed E-state index contributed by atoms with van der Waals surface area (Å²) in [6.07, 6.45) is 9.26. The molecule has 0 aromatic rings. The van der Waals surface area contributed by atoms with E-state index in [1.165, 1.54) is 19.3 Å².